The smallest absolute Gasteiger partial charge is 0.259 e. The minimum Gasteiger partial charge on any atom is -0.340 e. The highest BCUT2D eigenvalue weighted by atomic mass is 32.2. The molecule has 0 aromatic heterocycles. The molecule has 0 bridgehead atoms. The van der Waals surface area contributed by atoms with Crippen LogP contribution in [0.15, 0.2) is 12.7 Å². The average molecular weight is 341 g/mol. The van der Waals surface area contributed by atoms with Gasteiger partial charge in [-0.15, -0.1) is 6.58 Å². The molecule has 0 radical (unpaired) electrons. The molecule has 3 aliphatic rings. The van der Waals surface area contributed by atoms with Crippen molar-refractivity contribution in [1.82, 2.24) is 15.4 Å². The molecule has 3 fully saturated rings. The minimum absolute atomic E-state index is 0.241. The van der Waals surface area contributed by atoms with E-state index >= 15 is 0 Å². The van der Waals surface area contributed by atoms with Gasteiger partial charge < -0.3 is 10.6 Å². The number of amides is 2. The summed E-state index contributed by atoms with van der Waals surface area (Å²) in [7, 11) is -3.72. The van der Waals surface area contributed by atoms with Crippen molar-refractivity contribution in [1.29, 1.82) is 0 Å². The van der Waals surface area contributed by atoms with E-state index in [0.717, 1.165) is 19.4 Å². The van der Waals surface area contributed by atoms with E-state index in [4.69, 9.17) is 0 Å². The van der Waals surface area contributed by atoms with Gasteiger partial charge in [-0.3, -0.25) is 14.3 Å². The van der Waals surface area contributed by atoms with Gasteiger partial charge >= 0.3 is 0 Å². The van der Waals surface area contributed by atoms with Gasteiger partial charge in [-0.25, -0.2) is 8.42 Å². The van der Waals surface area contributed by atoms with Crippen LogP contribution in [0.4, 0.5) is 0 Å². The zero-order valence-electron chi connectivity index (χ0n) is 13.2. The first-order valence-electron chi connectivity index (χ1n) is 7.99. The standard InChI is InChI=1S/C15H23N3O4S/c1-3-10-9-15(10,17-12(19)11-5-4-8-16-11)13(20)18-23(21,22)14(2)6-7-14/h3,10-11,16H,1,4-9H2,2H3,(H,17,19)(H,18,20). The lowest BCUT2D eigenvalue weighted by molar-refractivity contribution is -0.130. The molecule has 3 rings (SSSR count). The monoisotopic (exact) mass is 341 g/mol. The second-order valence-corrected chi connectivity index (χ2v) is 9.24. The van der Waals surface area contributed by atoms with Crippen LogP contribution in [0.5, 0.6) is 0 Å². The van der Waals surface area contributed by atoms with Crippen molar-refractivity contribution in [3.05, 3.63) is 12.7 Å². The summed E-state index contributed by atoms with van der Waals surface area (Å²) in [6, 6.07) is -0.316. The minimum atomic E-state index is -3.72. The predicted molar refractivity (Wildman–Crippen MR) is 84.9 cm³/mol. The Bertz CT molecular complexity index is 650. The summed E-state index contributed by atoms with van der Waals surface area (Å²) in [4.78, 5) is 24.9. The normalized spacial score (nSPS) is 34.5. The summed E-state index contributed by atoms with van der Waals surface area (Å²) in [6.07, 6.45) is 4.70. The number of hydrogen-bond donors (Lipinski definition) is 3. The van der Waals surface area contributed by atoms with Gasteiger partial charge in [0.05, 0.1) is 10.8 Å². The van der Waals surface area contributed by atoms with Crippen LogP contribution in [0.1, 0.15) is 39.0 Å². The largest absolute Gasteiger partial charge is 0.340 e. The Balaban J connectivity index is 1.72. The SMILES string of the molecule is C=CC1CC1(NC(=O)C1CCCN1)C(=O)NS(=O)(=O)C1(C)CC1. The molecule has 8 heteroatoms. The van der Waals surface area contributed by atoms with Crippen LogP contribution >= 0.6 is 0 Å². The molecule has 23 heavy (non-hydrogen) atoms. The van der Waals surface area contributed by atoms with E-state index in [1.807, 2.05) is 0 Å². The fourth-order valence-corrected chi connectivity index (χ4v) is 4.34. The topological polar surface area (TPSA) is 104 Å². The fourth-order valence-electron chi connectivity index (χ4n) is 3.03. The van der Waals surface area contributed by atoms with E-state index in [2.05, 4.69) is 21.9 Å². The predicted octanol–water partition coefficient (Wildman–Crippen LogP) is -0.202. The van der Waals surface area contributed by atoms with Crippen molar-refractivity contribution < 1.29 is 18.0 Å². The molecule has 1 heterocycles. The van der Waals surface area contributed by atoms with E-state index in [1.54, 1.807) is 13.0 Å². The van der Waals surface area contributed by atoms with E-state index in [-0.39, 0.29) is 17.9 Å². The lowest BCUT2D eigenvalue weighted by Gasteiger charge is -2.22. The average Bonchev–Trinajstić information content (AvgIpc) is 3.33. The Kier molecular flexibility index (Phi) is 3.79. The van der Waals surface area contributed by atoms with Crippen LogP contribution in [-0.4, -0.2) is 43.1 Å². The molecule has 2 saturated carbocycles. The quantitative estimate of drug-likeness (QED) is 0.580. The van der Waals surface area contributed by atoms with Crippen LogP contribution in [0, 0.1) is 5.92 Å². The Morgan fingerprint density at radius 2 is 2.04 bits per heavy atom. The molecule has 0 spiro atoms. The molecule has 2 amide bonds. The van der Waals surface area contributed by atoms with Gasteiger partial charge in [-0.1, -0.05) is 6.08 Å². The molecular weight excluding hydrogens is 318 g/mol. The maximum absolute atomic E-state index is 12.6. The molecular formula is C15H23N3O4S. The summed E-state index contributed by atoms with van der Waals surface area (Å²) in [6.45, 7) is 6.06. The van der Waals surface area contributed by atoms with Crippen LogP contribution in [-0.2, 0) is 19.6 Å². The summed E-state index contributed by atoms with van der Waals surface area (Å²) in [5.74, 6) is -1.14. The van der Waals surface area contributed by atoms with Gasteiger partial charge in [0.1, 0.15) is 5.54 Å². The first-order chi connectivity index (χ1) is 10.7. The molecule has 0 aromatic carbocycles. The first kappa shape index (κ1) is 16.4. The molecule has 7 nitrogen and oxygen atoms in total. The molecule has 3 N–H and O–H groups in total. The Morgan fingerprint density at radius 1 is 1.35 bits per heavy atom. The number of carbonyl (C=O) groups is 2. The van der Waals surface area contributed by atoms with Crippen LogP contribution < -0.4 is 15.4 Å². The van der Waals surface area contributed by atoms with Crippen molar-refractivity contribution in [2.45, 2.75) is 55.4 Å². The van der Waals surface area contributed by atoms with Crippen molar-refractivity contribution in [2.75, 3.05) is 6.54 Å². The molecule has 0 aromatic rings. The summed E-state index contributed by atoms with van der Waals surface area (Å²) >= 11 is 0. The van der Waals surface area contributed by atoms with Gasteiger partial charge in [0.2, 0.25) is 15.9 Å². The van der Waals surface area contributed by atoms with E-state index < -0.39 is 26.2 Å². The summed E-state index contributed by atoms with van der Waals surface area (Å²) < 4.78 is 25.8. The molecule has 2 aliphatic carbocycles. The van der Waals surface area contributed by atoms with Gasteiger partial charge in [-0.2, -0.15) is 0 Å². The zero-order chi connectivity index (χ0) is 16.9. The lowest BCUT2D eigenvalue weighted by atomic mass is 10.1. The molecule has 3 atom stereocenters. The van der Waals surface area contributed by atoms with Gasteiger partial charge in [0.15, 0.2) is 0 Å². The third kappa shape index (κ3) is 2.78. The maximum Gasteiger partial charge on any atom is 0.259 e. The highest BCUT2D eigenvalue weighted by Crippen LogP contribution is 2.46. The van der Waals surface area contributed by atoms with E-state index in [1.165, 1.54) is 0 Å². The molecule has 1 saturated heterocycles. The summed E-state index contributed by atoms with van der Waals surface area (Å²) in [5.41, 5.74) is -1.18. The Morgan fingerprint density at radius 3 is 2.52 bits per heavy atom. The maximum atomic E-state index is 12.6. The number of nitrogens with one attached hydrogen (secondary N) is 3. The summed E-state index contributed by atoms with van der Waals surface area (Å²) in [5, 5.41) is 5.83. The van der Waals surface area contributed by atoms with Crippen LogP contribution in [0.3, 0.4) is 0 Å². The van der Waals surface area contributed by atoms with E-state index in [0.29, 0.717) is 19.3 Å². The Labute approximate surface area is 136 Å². The second-order valence-electron chi connectivity index (χ2n) is 7.04. The first-order valence-corrected chi connectivity index (χ1v) is 9.47. The van der Waals surface area contributed by atoms with Gasteiger partial charge in [0.25, 0.3) is 5.91 Å². The van der Waals surface area contributed by atoms with Crippen molar-refractivity contribution in [2.24, 2.45) is 5.92 Å². The number of rotatable bonds is 6. The highest BCUT2D eigenvalue weighted by molar-refractivity contribution is 7.91. The zero-order valence-corrected chi connectivity index (χ0v) is 14.0. The van der Waals surface area contributed by atoms with Gasteiger partial charge in [-0.05, 0) is 45.6 Å². The second kappa shape index (κ2) is 5.31. The molecule has 1 aliphatic heterocycles. The lowest BCUT2D eigenvalue weighted by Crippen LogP contribution is -2.56. The highest BCUT2D eigenvalue weighted by Gasteiger charge is 2.62. The number of hydrogen-bond acceptors (Lipinski definition) is 5. The van der Waals surface area contributed by atoms with Crippen molar-refractivity contribution in [3.63, 3.8) is 0 Å². The third-order valence-corrected chi connectivity index (χ3v) is 7.42. The van der Waals surface area contributed by atoms with Crippen molar-refractivity contribution >= 4 is 21.8 Å². The fraction of sp³-hybridized carbons (Fsp3) is 0.733. The Hall–Kier alpha value is -1.41. The van der Waals surface area contributed by atoms with Gasteiger partial charge in [0, 0.05) is 5.92 Å². The third-order valence-electron chi connectivity index (χ3n) is 5.26. The number of carbonyl (C=O) groups excluding carboxylic acids is 2. The van der Waals surface area contributed by atoms with Crippen LogP contribution in [0.2, 0.25) is 0 Å². The number of sulfonamides is 1. The van der Waals surface area contributed by atoms with E-state index in [9.17, 15) is 18.0 Å². The molecule has 128 valence electrons. The van der Waals surface area contributed by atoms with Crippen LogP contribution in [0.25, 0.3) is 0 Å². The van der Waals surface area contributed by atoms with Crippen molar-refractivity contribution in [3.8, 4) is 0 Å². The molecule has 3 unspecified atom stereocenters.